The zero-order chi connectivity index (χ0) is 12.5. The van der Waals surface area contributed by atoms with Crippen LogP contribution in [0.25, 0.3) is 0 Å². The van der Waals surface area contributed by atoms with Gasteiger partial charge in [-0.05, 0) is 41.1 Å². The van der Waals surface area contributed by atoms with Crippen LogP contribution in [0, 0.1) is 0 Å². The number of nitrogen functional groups attached to an aromatic ring is 1. The lowest BCUT2D eigenvalue weighted by atomic mass is 9.99. The normalized spacial score (nSPS) is 14.3. The number of hydrogen-bond acceptors (Lipinski definition) is 3. The minimum Gasteiger partial charge on any atom is -0.399 e. The highest BCUT2D eigenvalue weighted by Crippen LogP contribution is 2.23. The first kappa shape index (κ1) is 11.3. The summed E-state index contributed by atoms with van der Waals surface area (Å²) in [5, 5.41) is 3.83. The summed E-state index contributed by atoms with van der Waals surface area (Å²) in [5.74, 6) is 0.115. The SMILES string of the molecule is Nc1ccc2c(c1)CN(C(=O)c1ccsc1)CC2. The molecule has 3 rings (SSSR count). The number of hydrogen-bond donors (Lipinski definition) is 1. The van der Waals surface area contributed by atoms with E-state index in [4.69, 9.17) is 5.73 Å². The van der Waals surface area contributed by atoms with E-state index in [1.165, 1.54) is 11.1 Å². The number of rotatable bonds is 1. The van der Waals surface area contributed by atoms with Crippen molar-refractivity contribution in [3.05, 3.63) is 51.7 Å². The third kappa shape index (κ3) is 1.99. The van der Waals surface area contributed by atoms with Crippen LogP contribution in [0.5, 0.6) is 0 Å². The number of thiophene rings is 1. The third-order valence-corrected chi connectivity index (χ3v) is 3.98. The molecule has 1 amide bonds. The van der Waals surface area contributed by atoms with Crippen LogP contribution in [0.1, 0.15) is 21.5 Å². The van der Waals surface area contributed by atoms with E-state index in [1.54, 1.807) is 11.3 Å². The summed E-state index contributed by atoms with van der Waals surface area (Å²) < 4.78 is 0. The van der Waals surface area contributed by atoms with Crippen molar-refractivity contribution in [2.24, 2.45) is 0 Å². The fraction of sp³-hybridized carbons (Fsp3) is 0.214. The Labute approximate surface area is 110 Å². The van der Waals surface area contributed by atoms with Gasteiger partial charge in [-0.3, -0.25) is 4.79 Å². The molecule has 0 spiro atoms. The molecule has 0 unspecified atom stereocenters. The maximum absolute atomic E-state index is 12.3. The molecule has 1 aliphatic rings. The molecule has 0 aliphatic carbocycles. The third-order valence-electron chi connectivity index (χ3n) is 3.30. The summed E-state index contributed by atoms with van der Waals surface area (Å²) in [6.45, 7) is 1.45. The summed E-state index contributed by atoms with van der Waals surface area (Å²) in [4.78, 5) is 14.1. The Hall–Kier alpha value is -1.81. The van der Waals surface area contributed by atoms with Crippen molar-refractivity contribution in [1.82, 2.24) is 4.90 Å². The molecule has 0 saturated heterocycles. The van der Waals surface area contributed by atoms with Gasteiger partial charge in [-0.25, -0.2) is 0 Å². The summed E-state index contributed by atoms with van der Waals surface area (Å²) in [6.07, 6.45) is 0.908. The molecule has 4 heteroatoms. The Morgan fingerprint density at radius 2 is 2.17 bits per heavy atom. The lowest BCUT2D eigenvalue weighted by Gasteiger charge is -2.28. The van der Waals surface area contributed by atoms with Crippen molar-refractivity contribution in [2.45, 2.75) is 13.0 Å². The van der Waals surface area contributed by atoms with Gasteiger partial charge in [0.15, 0.2) is 0 Å². The highest BCUT2D eigenvalue weighted by atomic mass is 32.1. The first-order chi connectivity index (χ1) is 8.74. The second-order valence-corrected chi connectivity index (χ2v) is 5.30. The Bertz CT molecular complexity index is 577. The van der Waals surface area contributed by atoms with Gasteiger partial charge in [-0.2, -0.15) is 11.3 Å². The number of nitrogens with zero attached hydrogens (tertiary/aromatic N) is 1. The van der Waals surface area contributed by atoms with E-state index in [1.807, 2.05) is 33.9 Å². The zero-order valence-corrected chi connectivity index (χ0v) is 10.7. The molecule has 2 N–H and O–H groups in total. The molecule has 0 atom stereocenters. The van der Waals surface area contributed by atoms with Crippen molar-refractivity contribution in [2.75, 3.05) is 12.3 Å². The largest absolute Gasteiger partial charge is 0.399 e. The topological polar surface area (TPSA) is 46.3 Å². The standard InChI is InChI=1S/C14H14N2OS/c15-13-2-1-10-3-5-16(8-12(10)7-13)14(17)11-4-6-18-9-11/h1-2,4,6-7,9H,3,5,8,15H2. The molecule has 2 heterocycles. The van der Waals surface area contributed by atoms with Crippen molar-refractivity contribution >= 4 is 22.9 Å². The van der Waals surface area contributed by atoms with Gasteiger partial charge in [-0.15, -0.1) is 0 Å². The van der Waals surface area contributed by atoms with Gasteiger partial charge in [-0.1, -0.05) is 6.07 Å². The molecule has 1 aromatic heterocycles. The molecule has 3 nitrogen and oxygen atoms in total. The van der Waals surface area contributed by atoms with E-state index in [9.17, 15) is 4.79 Å². The minimum atomic E-state index is 0.115. The first-order valence-corrected chi connectivity index (χ1v) is 6.87. The smallest absolute Gasteiger partial charge is 0.255 e. The van der Waals surface area contributed by atoms with Crippen molar-refractivity contribution < 1.29 is 4.79 Å². The summed E-state index contributed by atoms with van der Waals surface area (Å²) in [6, 6.07) is 7.84. The molecule has 0 fully saturated rings. The molecule has 0 bridgehead atoms. The van der Waals surface area contributed by atoms with Crippen LogP contribution in [0.2, 0.25) is 0 Å². The van der Waals surface area contributed by atoms with Crippen LogP contribution < -0.4 is 5.73 Å². The van der Waals surface area contributed by atoms with Crippen LogP contribution in [0.15, 0.2) is 35.0 Å². The van der Waals surface area contributed by atoms with E-state index in [-0.39, 0.29) is 5.91 Å². The Kier molecular flexibility index (Phi) is 2.80. The molecule has 92 valence electrons. The lowest BCUT2D eigenvalue weighted by molar-refractivity contribution is 0.0735. The number of carbonyl (C=O) groups excluding carboxylic acids is 1. The molecule has 18 heavy (non-hydrogen) atoms. The molecule has 0 saturated carbocycles. The predicted octanol–water partition coefficient (Wildman–Crippen LogP) is 2.53. The summed E-state index contributed by atoms with van der Waals surface area (Å²) >= 11 is 1.55. The molecule has 1 aromatic carbocycles. The van der Waals surface area contributed by atoms with Gasteiger partial charge >= 0.3 is 0 Å². The number of fused-ring (bicyclic) bond motifs is 1. The summed E-state index contributed by atoms with van der Waals surface area (Å²) in [7, 11) is 0. The average Bonchev–Trinajstić information content (AvgIpc) is 2.90. The van der Waals surface area contributed by atoms with Crippen molar-refractivity contribution in [3.8, 4) is 0 Å². The van der Waals surface area contributed by atoms with Crippen LogP contribution in [0.4, 0.5) is 5.69 Å². The number of benzene rings is 1. The van der Waals surface area contributed by atoms with Gasteiger partial charge in [0.05, 0.1) is 5.56 Å². The average molecular weight is 258 g/mol. The monoisotopic (exact) mass is 258 g/mol. The number of amides is 1. The van der Waals surface area contributed by atoms with E-state index >= 15 is 0 Å². The second-order valence-electron chi connectivity index (χ2n) is 4.52. The zero-order valence-electron chi connectivity index (χ0n) is 9.93. The van der Waals surface area contributed by atoms with Gasteiger partial charge in [0, 0.05) is 24.2 Å². The van der Waals surface area contributed by atoms with E-state index in [2.05, 4.69) is 6.07 Å². The Morgan fingerprint density at radius 1 is 1.28 bits per heavy atom. The van der Waals surface area contributed by atoms with Crippen LogP contribution in [0.3, 0.4) is 0 Å². The van der Waals surface area contributed by atoms with Crippen molar-refractivity contribution in [1.29, 1.82) is 0 Å². The highest BCUT2D eigenvalue weighted by Gasteiger charge is 2.21. The fourth-order valence-corrected chi connectivity index (χ4v) is 2.95. The quantitative estimate of drug-likeness (QED) is 0.799. The van der Waals surface area contributed by atoms with E-state index in [0.29, 0.717) is 6.54 Å². The number of nitrogens with two attached hydrogens (primary N) is 1. The molecule has 0 radical (unpaired) electrons. The Balaban J connectivity index is 1.84. The minimum absolute atomic E-state index is 0.115. The van der Waals surface area contributed by atoms with Gasteiger partial charge in [0.2, 0.25) is 0 Å². The number of anilines is 1. The molecular formula is C14H14N2OS. The lowest BCUT2D eigenvalue weighted by Crippen LogP contribution is -2.35. The maximum atomic E-state index is 12.3. The van der Waals surface area contributed by atoms with Crippen LogP contribution in [-0.2, 0) is 13.0 Å². The van der Waals surface area contributed by atoms with Crippen molar-refractivity contribution in [3.63, 3.8) is 0 Å². The molecular weight excluding hydrogens is 244 g/mol. The van der Waals surface area contributed by atoms with Gasteiger partial charge in [0.25, 0.3) is 5.91 Å². The molecule has 1 aliphatic heterocycles. The maximum Gasteiger partial charge on any atom is 0.255 e. The Morgan fingerprint density at radius 3 is 2.94 bits per heavy atom. The second kappa shape index (κ2) is 4.46. The van der Waals surface area contributed by atoms with E-state index in [0.717, 1.165) is 24.2 Å². The van der Waals surface area contributed by atoms with Gasteiger partial charge < -0.3 is 10.6 Å². The van der Waals surface area contributed by atoms with E-state index < -0.39 is 0 Å². The van der Waals surface area contributed by atoms with Gasteiger partial charge in [0.1, 0.15) is 0 Å². The fourth-order valence-electron chi connectivity index (χ4n) is 2.32. The van der Waals surface area contributed by atoms with Crippen LogP contribution >= 0.6 is 11.3 Å². The summed E-state index contributed by atoms with van der Waals surface area (Å²) in [5.41, 5.74) is 9.82. The number of carbonyl (C=O) groups is 1. The predicted molar refractivity (Wildman–Crippen MR) is 73.6 cm³/mol. The molecule has 2 aromatic rings. The first-order valence-electron chi connectivity index (χ1n) is 5.93. The van der Waals surface area contributed by atoms with Crippen LogP contribution in [-0.4, -0.2) is 17.4 Å². The highest BCUT2D eigenvalue weighted by molar-refractivity contribution is 7.08.